The molecule has 0 aliphatic heterocycles. The van der Waals surface area contributed by atoms with E-state index in [-0.39, 0.29) is 0 Å². The Balaban J connectivity index is 0. The zero-order valence-electron chi connectivity index (χ0n) is 13.7. The van der Waals surface area contributed by atoms with E-state index < -0.39 is 31.1 Å². The number of rotatable bonds is 9. The highest BCUT2D eigenvalue weighted by Crippen LogP contribution is 2.36. The lowest BCUT2D eigenvalue weighted by Crippen LogP contribution is -2.83. The van der Waals surface area contributed by atoms with Gasteiger partial charge in [0.05, 0.1) is 13.1 Å². The van der Waals surface area contributed by atoms with E-state index in [2.05, 4.69) is 19.2 Å². The summed E-state index contributed by atoms with van der Waals surface area (Å²) in [4.78, 5) is 0. The molecule has 0 aromatic heterocycles. The summed E-state index contributed by atoms with van der Waals surface area (Å²) in [6.45, 7) is 7.05. The maximum atomic E-state index is 11.4. The van der Waals surface area contributed by atoms with Crippen LogP contribution in [0.4, 0.5) is 26.3 Å². The van der Waals surface area contributed by atoms with E-state index in [9.17, 15) is 43.2 Å². The zero-order chi connectivity index (χ0) is 20.4. The summed E-state index contributed by atoms with van der Waals surface area (Å²) in [7, 11) is -13.4. The number of sulfonamides is 2. The molecular weight excluding hydrogens is 402 g/mol. The van der Waals surface area contributed by atoms with E-state index in [1.54, 1.807) is 0 Å². The van der Waals surface area contributed by atoms with Gasteiger partial charge in [0, 0.05) is 0 Å². The Morgan fingerprint density at radius 3 is 1.48 bits per heavy atom. The van der Waals surface area contributed by atoms with Crippen molar-refractivity contribution < 1.29 is 48.5 Å². The van der Waals surface area contributed by atoms with Crippen molar-refractivity contribution >= 4 is 20.0 Å². The van der Waals surface area contributed by atoms with Crippen LogP contribution in [0.3, 0.4) is 0 Å². The van der Waals surface area contributed by atoms with Crippen LogP contribution in [0.2, 0.25) is 0 Å². The molecule has 154 valence electrons. The fourth-order valence-electron chi connectivity index (χ4n) is 1.31. The van der Waals surface area contributed by atoms with Gasteiger partial charge in [-0.3, -0.25) is 0 Å². The molecule has 6 nitrogen and oxygen atoms in total. The highest BCUT2D eigenvalue weighted by atomic mass is 32.3. The van der Waals surface area contributed by atoms with E-state index in [0.717, 1.165) is 4.13 Å². The van der Waals surface area contributed by atoms with Crippen molar-refractivity contribution in [1.82, 2.24) is 0 Å². The van der Waals surface area contributed by atoms with Gasteiger partial charge in [-0.1, -0.05) is 26.2 Å². The highest BCUT2D eigenvalue weighted by Gasteiger charge is 2.46. The van der Waals surface area contributed by atoms with Gasteiger partial charge in [-0.05, 0) is 19.8 Å². The number of unbranched alkanes of at least 4 members (excludes halogenated alkanes) is 4. The summed E-state index contributed by atoms with van der Waals surface area (Å²) in [5.41, 5.74) is -12.4. The molecule has 0 aromatic rings. The molecule has 2 N–H and O–H groups in total. The second kappa shape index (κ2) is 11.2. The van der Waals surface area contributed by atoms with E-state index in [1.807, 2.05) is 0 Å². The Bertz CT molecular complexity index is 508. The molecule has 0 amide bonds. The monoisotopic (exact) mass is 424 g/mol. The van der Waals surface area contributed by atoms with Crippen molar-refractivity contribution in [2.24, 2.45) is 0 Å². The van der Waals surface area contributed by atoms with Gasteiger partial charge in [-0.15, -0.1) is 0 Å². The molecule has 0 fully saturated rings. The summed E-state index contributed by atoms with van der Waals surface area (Å²) in [6.07, 6.45) is 7.07. The van der Waals surface area contributed by atoms with Crippen molar-refractivity contribution in [1.29, 1.82) is 0 Å². The molecule has 0 radical (unpaired) electrons. The predicted octanol–water partition coefficient (Wildman–Crippen LogP) is 2.60. The molecule has 0 saturated heterocycles. The van der Waals surface area contributed by atoms with Crippen LogP contribution < -0.4 is 5.32 Å². The third kappa shape index (κ3) is 11.6. The number of halogens is 6. The van der Waals surface area contributed by atoms with E-state index in [0.29, 0.717) is 0 Å². The predicted molar refractivity (Wildman–Crippen MR) is 79.4 cm³/mol. The van der Waals surface area contributed by atoms with Crippen LogP contribution in [0.5, 0.6) is 0 Å². The quantitative estimate of drug-likeness (QED) is 0.454. The minimum atomic E-state index is -6.72. The van der Waals surface area contributed by atoms with Crippen LogP contribution in [0, 0.1) is 0 Å². The van der Waals surface area contributed by atoms with Crippen molar-refractivity contribution in [3.8, 4) is 0 Å². The lowest BCUT2D eigenvalue weighted by atomic mass is 10.1. The average Bonchev–Trinajstić information content (AvgIpc) is 2.40. The Hall–Kier alpha value is -0.600. The summed E-state index contributed by atoms with van der Waals surface area (Å²) < 4.78 is 109. The molecule has 0 rings (SSSR count). The lowest BCUT2D eigenvalue weighted by Gasteiger charge is -2.22. The number of quaternary nitrogens is 1. The number of alkyl halides is 6. The van der Waals surface area contributed by atoms with Gasteiger partial charge in [-0.25, -0.2) is 16.8 Å². The third-order valence-electron chi connectivity index (χ3n) is 2.58. The van der Waals surface area contributed by atoms with Crippen LogP contribution >= 0.6 is 0 Å². The second-order valence-electron chi connectivity index (χ2n) is 4.82. The first-order chi connectivity index (χ1) is 11.1. The first kappa shape index (κ1) is 26.6. The van der Waals surface area contributed by atoms with Crippen LogP contribution in [-0.4, -0.2) is 40.9 Å². The molecule has 0 aromatic carbocycles. The van der Waals surface area contributed by atoms with Gasteiger partial charge in [0.1, 0.15) is 0 Å². The first-order valence-electron chi connectivity index (χ1n) is 7.30. The average molecular weight is 424 g/mol. The molecule has 0 unspecified atom stereocenters. The Morgan fingerprint density at radius 1 is 0.760 bits per heavy atom. The van der Waals surface area contributed by atoms with Gasteiger partial charge in [0.25, 0.3) is 0 Å². The van der Waals surface area contributed by atoms with Gasteiger partial charge in [-0.2, -0.15) is 26.3 Å². The molecule has 0 bridgehead atoms. The van der Waals surface area contributed by atoms with Crippen molar-refractivity contribution in [2.75, 3.05) is 13.1 Å². The van der Waals surface area contributed by atoms with Gasteiger partial charge >= 0.3 is 11.0 Å². The molecule has 25 heavy (non-hydrogen) atoms. The molecule has 0 saturated carbocycles. The summed E-state index contributed by atoms with van der Waals surface area (Å²) in [5.74, 6) is 0. The van der Waals surface area contributed by atoms with Crippen LogP contribution in [-0.2, 0) is 20.0 Å². The van der Waals surface area contributed by atoms with Crippen LogP contribution in [0.1, 0.15) is 46.0 Å². The van der Waals surface area contributed by atoms with Gasteiger partial charge in [0.2, 0.25) is 0 Å². The van der Waals surface area contributed by atoms with E-state index in [1.165, 1.54) is 45.2 Å². The van der Waals surface area contributed by atoms with Gasteiger partial charge in [0.15, 0.2) is 20.0 Å². The number of hydrogen-bond acceptors (Lipinski definition) is 4. The molecule has 0 aliphatic rings. The number of nitrogens with zero attached hydrogens (tertiary/aromatic N) is 1. The Morgan fingerprint density at radius 2 is 1.16 bits per heavy atom. The fraction of sp³-hybridized carbons (Fsp3) is 1.00. The van der Waals surface area contributed by atoms with Crippen molar-refractivity contribution in [3.05, 3.63) is 4.13 Å². The normalized spacial score (nSPS) is 13.3. The van der Waals surface area contributed by atoms with E-state index in [4.69, 9.17) is 0 Å². The first-order valence-corrected chi connectivity index (χ1v) is 10.2. The standard InChI is InChI=1S/C9H21N.C2F6NO4S2/c1-3-5-6-7-8-9-10-4-2;3-1(4,5)14(10,11)9-15(12,13)2(6,7)8/h10H,3-9H2,1-2H3;/q;-1/p+1. The minimum Gasteiger partial charge on any atom is -0.421 e. The molecular formula is C11H22F6N2O4S2. The second-order valence-corrected chi connectivity index (χ2v) is 8.24. The fourth-order valence-corrected chi connectivity index (χ4v) is 3.02. The Kier molecular flexibility index (Phi) is 11.9. The van der Waals surface area contributed by atoms with Crippen LogP contribution in [0.25, 0.3) is 4.13 Å². The third-order valence-corrected chi connectivity index (χ3v) is 5.32. The van der Waals surface area contributed by atoms with Crippen LogP contribution in [0.15, 0.2) is 0 Å². The Labute approximate surface area is 143 Å². The highest BCUT2D eigenvalue weighted by molar-refractivity contribution is 8.13. The minimum absolute atomic E-state index is 0.778. The molecule has 0 aliphatic carbocycles. The smallest absolute Gasteiger partial charge is 0.421 e. The zero-order valence-corrected chi connectivity index (χ0v) is 15.3. The van der Waals surface area contributed by atoms with Crippen molar-refractivity contribution in [3.63, 3.8) is 0 Å². The number of nitrogens with two attached hydrogens (primary N) is 1. The summed E-state index contributed by atoms with van der Waals surface area (Å²) in [5, 5.41) is 2.38. The molecule has 14 heteroatoms. The molecule has 0 heterocycles. The van der Waals surface area contributed by atoms with Gasteiger partial charge < -0.3 is 9.44 Å². The number of hydrogen-bond donors (Lipinski definition) is 1. The SMILES string of the molecule is CCCCCCC[NH2+]CC.O=S(=O)([N-]S(=O)(=O)C(F)(F)F)C(F)(F)F. The maximum Gasteiger partial charge on any atom is 0.480 e. The summed E-state index contributed by atoms with van der Waals surface area (Å²) in [6, 6.07) is 0. The largest absolute Gasteiger partial charge is 0.480 e. The maximum absolute atomic E-state index is 11.4. The lowest BCUT2D eigenvalue weighted by molar-refractivity contribution is -0.652. The van der Waals surface area contributed by atoms with Crippen molar-refractivity contribution in [2.45, 2.75) is 57.0 Å². The molecule has 0 spiro atoms. The summed E-state index contributed by atoms with van der Waals surface area (Å²) >= 11 is 0. The van der Waals surface area contributed by atoms with E-state index >= 15 is 0 Å². The topological polar surface area (TPSA) is 99.0 Å². The molecule has 0 atom stereocenters.